The van der Waals surface area contributed by atoms with Crippen LogP contribution in [0.1, 0.15) is 10.5 Å². The Bertz CT molecular complexity index is 897. The van der Waals surface area contributed by atoms with Gasteiger partial charge in [-0.15, -0.1) is 23.1 Å². The molecule has 1 unspecified atom stereocenters. The van der Waals surface area contributed by atoms with Crippen molar-refractivity contribution in [3.05, 3.63) is 22.3 Å². The summed E-state index contributed by atoms with van der Waals surface area (Å²) in [5.41, 5.74) is 0.139. The highest BCUT2D eigenvalue weighted by molar-refractivity contribution is 8.00. The Morgan fingerprint density at radius 3 is 2.86 bits per heavy atom. The molecule has 0 spiro atoms. The van der Waals surface area contributed by atoms with E-state index in [-0.39, 0.29) is 23.1 Å². The number of ketones is 1. The average molecular weight is 426 g/mol. The van der Waals surface area contributed by atoms with Gasteiger partial charge in [-0.2, -0.15) is 0 Å². The molecule has 3 amide bonds. The Balaban J connectivity index is 1.70. The molecule has 2 atom stereocenters. The second kappa shape index (κ2) is 8.08. The summed E-state index contributed by atoms with van der Waals surface area (Å²) in [7, 11) is 1.42. The number of carbonyl (C=O) groups excluding carboxylic acids is 4. The van der Waals surface area contributed by atoms with Crippen molar-refractivity contribution in [3.63, 3.8) is 0 Å². The number of carboxylic acid groups (broad SMARTS) is 1. The molecule has 0 aromatic carbocycles. The molecule has 3 heterocycles. The van der Waals surface area contributed by atoms with E-state index >= 15 is 0 Å². The van der Waals surface area contributed by atoms with E-state index < -0.39 is 35.0 Å². The topological polar surface area (TPSA) is 155 Å². The number of methoxy groups -OCH3 is 1. The van der Waals surface area contributed by atoms with Gasteiger partial charge in [-0.1, -0.05) is 0 Å². The summed E-state index contributed by atoms with van der Waals surface area (Å²) in [6, 6.07) is -1.02. The molecular formula is C15H14N4O7S2. The number of Topliss-reactive ketones (excluding diaryl/α,β-unsaturated/α-hetero) is 1. The number of fused-ring (bicyclic) bond motifs is 1. The highest BCUT2D eigenvalue weighted by Crippen LogP contribution is 2.40. The van der Waals surface area contributed by atoms with E-state index in [0.717, 1.165) is 16.2 Å². The molecule has 1 aromatic heterocycles. The number of thiazole rings is 1. The summed E-state index contributed by atoms with van der Waals surface area (Å²) >= 11 is 2.24. The number of amides is 3. The number of nitrogens with zero attached hydrogens (tertiary/aromatic N) is 2. The van der Waals surface area contributed by atoms with Crippen molar-refractivity contribution in [2.45, 2.75) is 11.4 Å². The Hall–Kier alpha value is -2.77. The van der Waals surface area contributed by atoms with E-state index in [0.29, 0.717) is 17.7 Å². The van der Waals surface area contributed by atoms with Crippen molar-refractivity contribution in [1.82, 2.24) is 15.2 Å². The van der Waals surface area contributed by atoms with Crippen LogP contribution in [-0.2, 0) is 23.9 Å². The van der Waals surface area contributed by atoms with Crippen LogP contribution in [0.2, 0.25) is 0 Å². The summed E-state index contributed by atoms with van der Waals surface area (Å²) in [6.45, 7) is 0.0711. The lowest BCUT2D eigenvalue weighted by Crippen LogP contribution is -2.71. The number of ether oxygens (including phenoxy) is 1. The van der Waals surface area contributed by atoms with Crippen molar-refractivity contribution < 1.29 is 33.8 Å². The minimum absolute atomic E-state index is 0.0711. The van der Waals surface area contributed by atoms with Crippen LogP contribution < -0.4 is 10.6 Å². The maximum Gasteiger partial charge on any atom is 0.352 e. The smallest absolute Gasteiger partial charge is 0.352 e. The molecule has 0 bridgehead atoms. The molecule has 13 heteroatoms. The monoisotopic (exact) mass is 426 g/mol. The zero-order valence-corrected chi connectivity index (χ0v) is 16.0. The van der Waals surface area contributed by atoms with Crippen molar-refractivity contribution >= 4 is 58.2 Å². The van der Waals surface area contributed by atoms with Gasteiger partial charge >= 0.3 is 5.97 Å². The number of hydrogen-bond acceptors (Lipinski definition) is 9. The van der Waals surface area contributed by atoms with E-state index in [9.17, 15) is 29.1 Å². The van der Waals surface area contributed by atoms with Gasteiger partial charge in [-0.3, -0.25) is 24.1 Å². The number of aromatic nitrogens is 1. The van der Waals surface area contributed by atoms with Gasteiger partial charge in [0, 0.05) is 18.2 Å². The first kappa shape index (κ1) is 20.0. The van der Waals surface area contributed by atoms with Crippen LogP contribution in [0.3, 0.4) is 0 Å². The van der Waals surface area contributed by atoms with Gasteiger partial charge in [-0.05, 0) is 5.57 Å². The van der Waals surface area contributed by atoms with Gasteiger partial charge < -0.3 is 20.5 Å². The predicted octanol–water partition coefficient (Wildman–Crippen LogP) is -0.721. The number of rotatable bonds is 8. The first-order valence-corrected chi connectivity index (χ1v) is 9.71. The van der Waals surface area contributed by atoms with Crippen LogP contribution in [-0.4, -0.2) is 75.9 Å². The molecule has 1 aromatic rings. The average Bonchev–Trinajstić information content (AvgIpc) is 3.13. The van der Waals surface area contributed by atoms with E-state index in [1.807, 2.05) is 0 Å². The Morgan fingerprint density at radius 2 is 2.21 bits per heavy atom. The molecule has 2 aliphatic rings. The SMILES string of the molecule is COCC1=C(C(=O)O)N2C(=O)C(NC(=O)C(=O)c3csc(NC=O)n3)[C@H]2SC1. The third-order valence-electron chi connectivity index (χ3n) is 3.98. The molecule has 1 saturated heterocycles. The minimum atomic E-state index is -1.26. The molecule has 3 N–H and O–H groups in total. The van der Waals surface area contributed by atoms with Gasteiger partial charge in [0.2, 0.25) is 6.41 Å². The number of aliphatic carboxylic acids is 1. The second-order valence-electron chi connectivity index (χ2n) is 5.68. The first-order valence-electron chi connectivity index (χ1n) is 7.78. The normalized spacial score (nSPS) is 20.9. The van der Waals surface area contributed by atoms with Gasteiger partial charge in [-0.25, -0.2) is 9.78 Å². The van der Waals surface area contributed by atoms with Gasteiger partial charge in [0.1, 0.15) is 22.8 Å². The highest BCUT2D eigenvalue weighted by atomic mass is 32.2. The number of hydrogen-bond donors (Lipinski definition) is 3. The van der Waals surface area contributed by atoms with E-state index in [1.165, 1.54) is 24.3 Å². The molecule has 2 aliphatic heterocycles. The number of carboxylic acids is 1. The number of nitrogens with one attached hydrogen (secondary N) is 2. The highest BCUT2D eigenvalue weighted by Gasteiger charge is 2.54. The fourth-order valence-corrected chi connectivity index (χ4v) is 4.76. The van der Waals surface area contributed by atoms with Gasteiger partial charge in [0.05, 0.1) is 6.61 Å². The number of anilines is 1. The zero-order chi connectivity index (χ0) is 20.4. The lowest BCUT2D eigenvalue weighted by atomic mass is 10.0. The summed E-state index contributed by atoms with van der Waals surface area (Å²) < 4.78 is 4.98. The van der Waals surface area contributed by atoms with Crippen molar-refractivity contribution in [2.75, 3.05) is 24.8 Å². The molecule has 3 rings (SSSR count). The van der Waals surface area contributed by atoms with E-state index in [1.54, 1.807) is 0 Å². The quantitative estimate of drug-likeness (QED) is 0.211. The standard InChI is InChI=1S/C15H14N4O7S2/c1-26-2-6-3-27-13-8(12(23)19(13)9(6)14(24)25)18-11(22)10(21)7-4-28-15(17-7)16-5-20/h4-5,8,13H,2-3H2,1H3,(H,18,22)(H,24,25)(H,16,17,20)/t8?,13-/m1/s1. The van der Waals surface area contributed by atoms with Crippen molar-refractivity contribution in [2.24, 2.45) is 0 Å². The second-order valence-corrected chi connectivity index (χ2v) is 7.64. The molecule has 28 heavy (non-hydrogen) atoms. The molecular weight excluding hydrogens is 412 g/mol. The zero-order valence-electron chi connectivity index (χ0n) is 14.3. The summed E-state index contributed by atoms with van der Waals surface area (Å²) in [5, 5.41) is 14.9. The van der Waals surface area contributed by atoms with Gasteiger partial charge in [0.15, 0.2) is 5.13 Å². The Morgan fingerprint density at radius 1 is 1.46 bits per heavy atom. The minimum Gasteiger partial charge on any atom is -0.477 e. The number of carbonyl (C=O) groups is 5. The molecule has 0 radical (unpaired) electrons. The van der Waals surface area contributed by atoms with Crippen LogP contribution >= 0.6 is 23.1 Å². The van der Waals surface area contributed by atoms with Crippen LogP contribution in [0.25, 0.3) is 0 Å². The molecule has 0 aliphatic carbocycles. The van der Waals surface area contributed by atoms with E-state index in [2.05, 4.69) is 15.6 Å². The molecule has 1 fully saturated rings. The first-order chi connectivity index (χ1) is 13.4. The number of thioether (sulfide) groups is 1. The third-order valence-corrected chi connectivity index (χ3v) is 6.09. The molecule has 148 valence electrons. The Kier molecular flexibility index (Phi) is 5.76. The summed E-state index contributed by atoms with van der Waals surface area (Å²) in [4.78, 5) is 63.6. The van der Waals surface area contributed by atoms with E-state index in [4.69, 9.17) is 4.74 Å². The fourth-order valence-electron chi connectivity index (χ4n) is 2.79. The number of β-lactam (4-membered cyclic amide) rings is 1. The van der Waals surface area contributed by atoms with Crippen molar-refractivity contribution in [1.29, 1.82) is 0 Å². The maximum atomic E-state index is 12.4. The lowest BCUT2D eigenvalue weighted by Gasteiger charge is -2.49. The van der Waals surface area contributed by atoms with Crippen LogP contribution in [0.5, 0.6) is 0 Å². The largest absolute Gasteiger partial charge is 0.477 e. The van der Waals surface area contributed by atoms with Crippen LogP contribution in [0.15, 0.2) is 16.7 Å². The predicted molar refractivity (Wildman–Crippen MR) is 97.7 cm³/mol. The molecule has 11 nitrogen and oxygen atoms in total. The van der Waals surface area contributed by atoms with Gasteiger partial charge in [0.25, 0.3) is 17.6 Å². The third kappa shape index (κ3) is 3.50. The van der Waals surface area contributed by atoms with Crippen LogP contribution in [0, 0.1) is 0 Å². The summed E-state index contributed by atoms with van der Waals surface area (Å²) in [6.07, 6.45) is 0.389. The lowest BCUT2D eigenvalue weighted by molar-refractivity contribution is -0.150. The van der Waals surface area contributed by atoms with Crippen LogP contribution in [0.4, 0.5) is 5.13 Å². The van der Waals surface area contributed by atoms with Crippen molar-refractivity contribution in [3.8, 4) is 0 Å². The Labute approximate surface area is 166 Å². The molecule has 0 saturated carbocycles. The maximum absolute atomic E-state index is 12.4. The summed E-state index contributed by atoms with van der Waals surface area (Å²) in [5.74, 6) is -3.56. The fraction of sp³-hybridized carbons (Fsp3) is 0.333.